The van der Waals surface area contributed by atoms with Gasteiger partial charge in [-0.1, -0.05) is 6.42 Å². The number of piperidine rings is 2. The summed E-state index contributed by atoms with van der Waals surface area (Å²) >= 11 is 0. The van der Waals surface area contributed by atoms with Gasteiger partial charge in [-0.2, -0.15) is 0 Å². The lowest BCUT2D eigenvalue weighted by molar-refractivity contribution is 0.00727. The van der Waals surface area contributed by atoms with Crippen LogP contribution in [0.25, 0.3) is 0 Å². The zero-order valence-electron chi connectivity index (χ0n) is 11.9. The van der Waals surface area contributed by atoms with Crippen molar-refractivity contribution in [2.45, 2.75) is 63.1 Å². The van der Waals surface area contributed by atoms with E-state index in [1.54, 1.807) is 0 Å². The highest BCUT2D eigenvalue weighted by Crippen LogP contribution is 2.34. The van der Waals surface area contributed by atoms with Gasteiger partial charge in [0.25, 0.3) is 0 Å². The van der Waals surface area contributed by atoms with Crippen LogP contribution < -0.4 is 5.32 Å². The first-order chi connectivity index (χ1) is 8.84. The first-order valence-electron chi connectivity index (χ1n) is 8.01. The first kappa shape index (κ1) is 12.9. The SMILES string of the molecule is CN1C2CCCC1CC(N1CCCNCCC1)C2. The van der Waals surface area contributed by atoms with Crippen LogP contribution in [0.15, 0.2) is 0 Å². The van der Waals surface area contributed by atoms with Crippen LogP contribution in [-0.4, -0.2) is 61.2 Å². The third-order valence-corrected chi connectivity index (χ3v) is 5.43. The lowest BCUT2D eigenvalue weighted by atomic mass is 9.81. The monoisotopic (exact) mass is 251 g/mol. The molecule has 0 aromatic rings. The Kier molecular flexibility index (Phi) is 4.22. The number of hydrogen-bond acceptors (Lipinski definition) is 3. The van der Waals surface area contributed by atoms with Gasteiger partial charge in [-0.15, -0.1) is 0 Å². The van der Waals surface area contributed by atoms with E-state index < -0.39 is 0 Å². The third kappa shape index (κ3) is 2.73. The number of rotatable bonds is 1. The molecule has 0 aliphatic carbocycles. The molecule has 104 valence electrons. The molecule has 0 aromatic carbocycles. The summed E-state index contributed by atoms with van der Waals surface area (Å²) < 4.78 is 0. The number of hydrogen-bond donors (Lipinski definition) is 1. The molecular weight excluding hydrogens is 222 g/mol. The second-order valence-electron chi connectivity index (χ2n) is 6.52. The highest BCUT2D eigenvalue weighted by atomic mass is 15.2. The summed E-state index contributed by atoms with van der Waals surface area (Å²) in [6.45, 7) is 5.08. The Labute approximate surface area is 112 Å². The highest BCUT2D eigenvalue weighted by molar-refractivity contribution is 4.94. The predicted octanol–water partition coefficient (Wildman–Crippen LogP) is 1.69. The van der Waals surface area contributed by atoms with E-state index in [1.165, 1.54) is 71.1 Å². The van der Waals surface area contributed by atoms with Crippen molar-refractivity contribution in [3.63, 3.8) is 0 Å². The fourth-order valence-corrected chi connectivity index (χ4v) is 4.30. The molecule has 3 heterocycles. The summed E-state index contributed by atoms with van der Waals surface area (Å²) in [4.78, 5) is 5.50. The summed E-state index contributed by atoms with van der Waals surface area (Å²) in [7, 11) is 2.36. The van der Waals surface area contributed by atoms with Crippen molar-refractivity contribution in [1.29, 1.82) is 0 Å². The first-order valence-corrected chi connectivity index (χ1v) is 8.01. The highest BCUT2D eigenvalue weighted by Gasteiger charge is 2.37. The van der Waals surface area contributed by atoms with Crippen LogP contribution >= 0.6 is 0 Å². The average molecular weight is 251 g/mol. The molecule has 1 N–H and O–H groups in total. The van der Waals surface area contributed by atoms with E-state index >= 15 is 0 Å². The molecule has 2 bridgehead atoms. The Morgan fingerprint density at radius 3 is 2.06 bits per heavy atom. The molecule has 0 amide bonds. The molecule has 3 fully saturated rings. The van der Waals surface area contributed by atoms with Gasteiger partial charge in [0.1, 0.15) is 0 Å². The van der Waals surface area contributed by atoms with Crippen molar-refractivity contribution in [2.75, 3.05) is 33.2 Å². The van der Waals surface area contributed by atoms with E-state index in [9.17, 15) is 0 Å². The van der Waals surface area contributed by atoms with Gasteiger partial charge >= 0.3 is 0 Å². The van der Waals surface area contributed by atoms with Gasteiger partial charge < -0.3 is 15.1 Å². The Bertz CT molecular complexity index is 246. The quantitative estimate of drug-likeness (QED) is 0.765. The van der Waals surface area contributed by atoms with E-state index in [2.05, 4.69) is 22.2 Å². The molecule has 18 heavy (non-hydrogen) atoms. The minimum Gasteiger partial charge on any atom is -0.317 e. The summed E-state index contributed by atoms with van der Waals surface area (Å²) in [5.41, 5.74) is 0. The maximum Gasteiger partial charge on any atom is 0.0125 e. The van der Waals surface area contributed by atoms with Crippen molar-refractivity contribution in [1.82, 2.24) is 15.1 Å². The smallest absolute Gasteiger partial charge is 0.0125 e. The molecule has 3 nitrogen and oxygen atoms in total. The molecule has 0 saturated carbocycles. The summed E-state index contributed by atoms with van der Waals surface area (Å²) in [6, 6.07) is 2.65. The third-order valence-electron chi connectivity index (χ3n) is 5.43. The molecule has 0 aromatic heterocycles. The van der Waals surface area contributed by atoms with Crippen molar-refractivity contribution >= 4 is 0 Å². The lowest BCUT2D eigenvalue weighted by Gasteiger charge is -2.50. The van der Waals surface area contributed by atoms with Crippen molar-refractivity contribution in [2.24, 2.45) is 0 Å². The second kappa shape index (κ2) is 5.89. The Hall–Kier alpha value is -0.120. The second-order valence-corrected chi connectivity index (χ2v) is 6.52. The van der Waals surface area contributed by atoms with E-state index in [0.29, 0.717) is 0 Å². The largest absolute Gasteiger partial charge is 0.317 e. The lowest BCUT2D eigenvalue weighted by Crippen LogP contribution is -2.56. The summed E-state index contributed by atoms with van der Waals surface area (Å²) in [6.07, 6.45) is 9.89. The summed E-state index contributed by atoms with van der Waals surface area (Å²) in [5.74, 6) is 0. The zero-order chi connectivity index (χ0) is 12.4. The Balaban J connectivity index is 1.61. The van der Waals surface area contributed by atoms with Crippen LogP contribution in [0.5, 0.6) is 0 Å². The minimum atomic E-state index is 0.881. The molecule has 2 atom stereocenters. The van der Waals surface area contributed by atoms with Gasteiger partial charge in [0.15, 0.2) is 0 Å². The fourth-order valence-electron chi connectivity index (χ4n) is 4.30. The molecule has 3 aliphatic rings. The zero-order valence-corrected chi connectivity index (χ0v) is 11.9. The van der Waals surface area contributed by atoms with Crippen molar-refractivity contribution < 1.29 is 0 Å². The average Bonchev–Trinajstić information content (AvgIpc) is 2.28. The van der Waals surface area contributed by atoms with Crippen LogP contribution in [0.1, 0.15) is 44.9 Å². The number of nitrogens with one attached hydrogen (secondary N) is 1. The predicted molar refractivity (Wildman–Crippen MR) is 75.9 cm³/mol. The molecule has 2 unspecified atom stereocenters. The van der Waals surface area contributed by atoms with Crippen LogP contribution in [-0.2, 0) is 0 Å². The normalized spacial score (nSPS) is 40.2. The van der Waals surface area contributed by atoms with Crippen molar-refractivity contribution in [3.8, 4) is 0 Å². The van der Waals surface area contributed by atoms with Gasteiger partial charge in [-0.25, -0.2) is 0 Å². The van der Waals surface area contributed by atoms with Gasteiger partial charge in [0.2, 0.25) is 0 Å². The van der Waals surface area contributed by atoms with E-state index in [1.807, 2.05) is 0 Å². The van der Waals surface area contributed by atoms with Gasteiger partial charge in [-0.3, -0.25) is 0 Å². The fraction of sp³-hybridized carbons (Fsp3) is 1.00. The van der Waals surface area contributed by atoms with Crippen LogP contribution in [0.2, 0.25) is 0 Å². The van der Waals surface area contributed by atoms with Crippen molar-refractivity contribution in [3.05, 3.63) is 0 Å². The standard InChI is InChI=1S/C15H29N3/c1-17-13-5-2-6-14(17)12-15(11-13)18-9-3-7-16-8-4-10-18/h13-16H,2-12H2,1H3. The topological polar surface area (TPSA) is 18.5 Å². The van der Waals surface area contributed by atoms with Gasteiger partial charge in [0, 0.05) is 18.1 Å². The van der Waals surface area contributed by atoms with Crippen LogP contribution in [0.4, 0.5) is 0 Å². The number of fused-ring (bicyclic) bond motifs is 2. The van der Waals surface area contributed by atoms with E-state index in [-0.39, 0.29) is 0 Å². The molecule has 0 radical (unpaired) electrons. The van der Waals surface area contributed by atoms with Gasteiger partial charge in [-0.05, 0) is 71.8 Å². The number of nitrogens with zero attached hydrogens (tertiary/aromatic N) is 2. The Morgan fingerprint density at radius 2 is 1.44 bits per heavy atom. The molecule has 3 saturated heterocycles. The molecular formula is C15H29N3. The van der Waals surface area contributed by atoms with Crippen LogP contribution in [0, 0.1) is 0 Å². The summed E-state index contributed by atoms with van der Waals surface area (Å²) in [5, 5.41) is 3.52. The maximum absolute atomic E-state index is 3.52. The Morgan fingerprint density at radius 1 is 0.833 bits per heavy atom. The molecule has 3 rings (SSSR count). The van der Waals surface area contributed by atoms with E-state index in [4.69, 9.17) is 0 Å². The van der Waals surface area contributed by atoms with E-state index in [0.717, 1.165) is 18.1 Å². The molecule has 3 aliphatic heterocycles. The molecule has 3 heteroatoms. The minimum absolute atomic E-state index is 0.881. The molecule has 0 spiro atoms. The van der Waals surface area contributed by atoms with Crippen LogP contribution in [0.3, 0.4) is 0 Å². The van der Waals surface area contributed by atoms with Gasteiger partial charge in [0.05, 0.1) is 0 Å². The maximum atomic E-state index is 3.52.